The molecule has 5 rings (SSSR count). The minimum absolute atomic E-state index is 0.0670. The van der Waals surface area contributed by atoms with Gasteiger partial charge in [-0.15, -0.1) is 11.3 Å². The van der Waals surface area contributed by atoms with Gasteiger partial charge in [0.15, 0.2) is 0 Å². The zero-order chi connectivity index (χ0) is 26.2. The quantitative estimate of drug-likeness (QED) is 0.487. The number of carbonyl (C=O) groups excluding carboxylic acids is 2. The van der Waals surface area contributed by atoms with E-state index >= 15 is 0 Å². The fourth-order valence-corrected chi connectivity index (χ4v) is 4.96. The molecule has 2 amide bonds. The van der Waals surface area contributed by atoms with Crippen molar-refractivity contribution in [3.8, 4) is 0 Å². The Morgan fingerprint density at radius 1 is 1.05 bits per heavy atom. The van der Waals surface area contributed by atoms with Gasteiger partial charge in [0, 0.05) is 53.9 Å². The van der Waals surface area contributed by atoms with E-state index in [0.717, 1.165) is 25.2 Å². The first-order valence-electron chi connectivity index (χ1n) is 11.7. The molecule has 1 fully saturated rings. The summed E-state index contributed by atoms with van der Waals surface area (Å²) >= 11 is 1.44. The largest absolute Gasteiger partial charge is 0.416 e. The number of amides is 2. The third-order valence-corrected chi connectivity index (χ3v) is 7.08. The molecule has 2 aromatic carbocycles. The number of nitrogens with one attached hydrogen (secondary N) is 2. The minimum Gasteiger partial charge on any atom is -0.369 e. The number of hydrogen-bond acceptors (Lipinski definition) is 6. The van der Waals surface area contributed by atoms with Crippen LogP contribution in [-0.2, 0) is 11.0 Å². The van der Waals surface area contributed by atoms with Crippen molar-refractivity contribution in [1.29, 1.82) is 0 Å². The summed E-state index contributed by atoms with van der Waals surface area (Å²) in [5, 5.41) is 9.17. The summed E-state index contributed by atoms with van der Waals surface area (Å²) in [6.07, 6.45) is -4.47. The molecule has 2 aliphatic heterocycles. The van der Waals surface area contributed by atoms with E-state index in [9.17, 15) is 22.8 Å². The van der Waals surface area contributed by atoms with Crippen molar-refractivity contribution >= 4 is 51.6 Å². The maximum absolute atomic E-state index is 13.6. The first-order chi connectivity index (χ1) is 17.7. The van der Waals surface area contributed by atoms with E-state index in [1.807, 2.05) is 22.7 Å². The third-order valence-electron chi connectivity index (χ3n) is 6.35. The van der Waals surface area contributed by atoms with Gasteiger partial charge in [-0.2, -0.15) is 13.2 Å². The van der Waals surface area contributed by atoms with Gasteiger partial charge in [0.25, 0.3) is 5.91 Å². The highest BCUT2D eigenvalue weighted by Crippen LogP contribution is 2.34. The van der Waals surface area contributed by atoms with E-state index in [0.29, 0.717) is 47.1 Å². The van der Waals surface area contributed by atoms with Crippen molar-refractivity contribution in [3.63, 3.8) is 0 Å². The number of thiophene rings is 1. The molecular formula is C26H24F3N5O2S. The monoisotopic (exact) mass is 527 g/mol. The number of fused-ring (bicyclic) bond motifs is 1. The predicted molar refractivity (Wildman–Crippen MR) is 139 cm³/mol. The Labute approximate surface area is 215 Å². The number of alkyl halides is 3. The summed E-state index contributed by atoms with van der Waals surface area (Å²) in [7, 11) is 1.96. The highest BCUT2D eigenvalue weighted by atomic mass is 32.1. The Morgan fingerprint density at radius 2 is 1.78 bits per heavy atom. The van der Waals surface area contributed by atoms with Gasteiger partial charge in [0.2, 0.25) is 5.91 Å². The van der Waals surface area contributed by atoms with Gasteiger partial charge in [0.05, 0.1) is 29.1 Å². The lowest BCUT2D eigenvalue weighted by molar-refractivity contribution is -0.137. The van der Waals surface area contributed by atoms with Gasteiger partial charge in [-0.25, -0.2) is 4.99 Å². The van der Waals surface area contributed by atoms with Crippen LogP contribution in [0.5, 0.6) is 0 Å². The van der Waals surface area contributed by atoms with Gasteiger partial charge in [-0.3, -0.25) is 9.59 Å². The van der Waals surface area contributed by atoms with Crippen LogP contribution in [0.1, 0.15) is 27.9 Å². The number of likely N-dealkylation sites (N-methyl/N-ethyl adjacent to an activating group) is 1. The zero-order valence-electron chi connectivity index (χ0n) is 19.9. The lowest BCUT2D eigenvalue weighted by Gasteiger charge is -2.34. The van der Waals surface area contributed by atoms with Gasteiger partial charge < -0.3 is 20.4 Å². The minimum atomic E-state index is -4.58. The predicted octanol–water partition coefficient (Wildman–Crippen LogP) is 5.23. The highest BCUT2D eigenvalue weighted by molar-refractivity contribution is 7.09. The number of benzene rings is 2. The Kier molecular flexibility index (Phi) is 6.74. The van der Waals surface area contributed by atoms with Crippen molar-refractivity contribution in [2.75, 3.05) is 48.8 Å². The molecule has 2 aliphatic rings. The number of anilines is 3. The maximum Gasteiger partial charge on any atom is 0.416 e. The molecule has 0 radical (unpaired) electrons. The molecule has 3 heterocycles. The summed E-state index contributed by atoms with van der Waals surface area (Å²) in [6, 6.07) is 10.2. The van der Waals surface area contributed by atoms with Crippen molar-refractivity contribution in [2.24, 2.45) is 4.99 Å². The normalized spacial score (nSPS) is 16.5. The second kappa shape index (κ2) is 9.98. The number of nitrogens with zero attached hydrogens (tertiary/aromatic N) is 3. The molecule has 2 N–H and O–H groups in total. The first-order valence-corrected chi connectivity index (χ1v) is 12.6. The third kappa shape index (κ3) is 5.67. The van der Waals surface area contributed by atoms with E-state index in [4.69, 9.17) is 0 Å². The second-order valence-corrected chi connectivity index (χ2v) is 9.79. The number of halogens is 3. The summed E-state index contributed by atoms with van der Waals surface area (Å²) < 4.78 is 40.9. The smallest absolute Gasteiger partial charge is 0.369 e. The number of aliphatic imine (C=N–C) groups is 1. The lowest BCUT2D eigenvalue weighted by atomic mass is 10.1. The number of rotatable bonds is 4. The molecule has 192 valence electrons. The fourth-order valence-electron chi connectivity index (χ4n) is 4.27. The maximum atomic E-state index is 13.6. The number of piperazine rings is 1. The topological polar surface area (TPSA) is 77.0 Å². The van der Waals surface area contributed by atoms with Crippen molar-refractivity contribution in [3.05, 3.63) is 69.9 Å². The van der Waals surface area contributed by atoms with Crippen LogP contribution in [0.3, 0.4) is 0 Å². The van der Waals surface area contributed by atoms with E-state index < -0.39 is 17.6 Å². The van der Waals surface area contributed by atoms with E-state index in [1.54, 1.807) is 24.3 Å². The summed E-state index contributed by atoms with van der Waals surface area (Å²) in [6.45, 7) is 2.61. The van der Waals surface area contributed by atoms with E-state index in [2.05, 4.69) is 20.5 Å². The summed E-state index contributed by atoms with van der Waals surface area (Å²) in [4.78, 5) is 33.8. The van der Waals surface area contributed by atoms with Crippen molar-refractivity contribution in [2.45, 2.75) is 12.6 Å². The van der Waals surface area contributed by atoms with Gasteiger partial charge in [-0.1, -0.05) is 12.1 Å². The average molecular weight is 528 g/mol. The molecule has 1 saturated heterocycles. The van der Waals surface area contributed by atoms with Crippen LogP contribution < -0.4 is 15.5 Å². The SMILES string of the molecule is CN1CCN(c2cc(C(=O)Nc3ccc(C4=Nc5cscc5NC(=O)C4)cc3)cc(C(F)(F)F)c2)CC1. The summed E-state index contributed by atoms with van der Waals surface area (Å²) in [5.41, 5.74) is 2.52. The molecule has 1 aromatic heterocycles. The van der Waals surface area contributed by atoms with Crippen LogP contribution in [0, 0.1) is 0 Å². The van der Waals surface area contributed by atoms with E-state index in [-0.39, 0.29) is 17.9 Å². The van der Waals surface area contributed by atoms with Gasteiger partial charge >= 0.3 is 6.18 Å². The molecule has 7 nitrogen and oxygen atoms in total. The molecule has 37 heavy (non-hydrogen) atoms. The molecular weight excluding hydrogens is 503 g/mol. The molecule has 11 heteroatoms. The van der Waals surface area contributed by atoms with Crippen molar-refractivity contribution in [1.82, 2.24) is 4.90 Å². The van der Waals surface area contributed by atoms with Crippen LogP contribution in [0.25, 0.3) is 0 Å². The van der Waals surface area contributed by atoms with Gasteiger partial charge in [0.1, 0.15) is 0 Å². The zero-order valence-corrected chi connectivity index (χ0v) is 20.7. The Hall–Kier alpha value is -3.70. The van der Waals surface area contributed by atoms with Crippen LogP contribution >= 0.6 is 11.3 Å². The van der Waals surface area contributed by atoms with Crippen LogP contribution in [0.15, 0.2) is 58.2 Å². The second-order valence-electron chi connectivity index (χ2n) is 9.04. The lowest BCUT2D eigenvalue weighted by Crippen LogP contribution is -2.44. The van der Waals surface area contributed by atoms with Crippen LogP contribution in [0.4, 0.5) is 35.9 Å². The fraction of sp³-hybridized carbons (Fsp3) is 0.269. The molecule has 3 aromatic rings. The molecule has 0 atom stereocenters. The molecule has 0 unspecified atom stereocenters. The number of carbonyl (C=O) groups is 2. The van der Waals surface area contributed by atoms with Crippen molar-refractivity contribution < 1.29 is 22.8 Å². The Balaban J connectivity index is 1.36. The molecule has 0 spiro atoms. The number of hydrogen-bond donors (Lipinski definition) is 2. The molecule has 0 saturated carbocycles. The Morgan fingerprint density at radius 3 is 2.49 bits per heavy atom. The van der Waals surface area contributed by atoms with Gasteiger partial charge in [-0.05, 0) is 42.9 Å². The molecule has 0 aliphatic carbocycles. The average Bonchev–Trinajstić information content (AvgIpc) is 3.23. The van der Waals surface area contributed by atoms with Crippen LogP contribution in [-0.4, -0.2) is 55.7 Å². The van der Waals surface area contributed by atoms with Crippen LogP contribution in [0.2, 0.25) is 0 Å². The van der Waals surface area contributed by atoms with E-state index in [1.165, 1.54) is 17.4 Å². The first kappa shape index (κ1) is 25.0. The highest BCUT2D eigenvalue weighted by Gasteiger charge is 2.32. The standard InChI is InChI=1S/C26H24F3N5O2S/c1-33-6-8-34(9-7-33)20-11-17(10-18(12-20)26(27,28)29)25(36)30-19-4-2-16(3-5-19)21-13-24(35)32-23-15-37-14-22(23)31-21/h2-5,10-12,14-15H,6-9,13H2,1H3,(H,30,36)(H,32,35). The summed E-state index contributed by atoms with van der Waals surface area (Å²) in [5.74, 6) is -0.808. The molecule has 0 bridgehead atoms. The Bertz CT molecular complexity index is 1360.